The first-order chi connectivity index (χ1) is 16.2. The largest absolute Gasteiger partial charge is 0.508 e. The lowest BCUT2D eigenvalue weighted by Crippen LogP contribution is -2.41. The molecule has 1 atom stereocenters. The maximum absolute atomic E-state index is 13.3. The first-order valence-electron chi connectivity index (χ1n) is 11.4. The Kier molecular flexibility index (Phi) is 8.34. The van der Waals surface area contributed by atoms with Gasteiger partial charge in [-0.25, -0.2) is 4.79 Å². The molecule has 0 saturated heterocycles. The van der Waals surface area contributed by atoms with Gasteiger partial charge in [-0.15, -0.1) is 0 Å². The second kappa shape index (κ2) is 11.2. The van der Waals surface area contributed by atoms with Crippen LogP contribution in [0.4, 0.5) is 0 Å². The third-order valence-electron chi connectivity index (χ3n) is 5.93. The van der Waals surface area contributed by atoms with Gasteiger partial charge in [-0.2, -0.15) is 0 Å². The summed E-state index contributed by atoms with van der Waals surface area (Å²) >= 11 is 5.95. The minimum atomic E-state index is -1.07. The smallest absolute Gasteiger partial charge is 0.326 e. The van der Waals surface area contributed by atoms with Crippen molar-refractivity contribution in [3.63, 3.8) is 0 Å². The number of aromatic nitrogens is 1. The number of amides is 1. The predicted octanol–water partition coefficient (Wildman–Crippen LogP) is 5.08. The fraction of sp³-hybridized carbons (Fsp3) is 0.346. The van der Waals surface area contributed by atoms with Gasteiger partial charge in [0.25, 0.3) is 5.91 Å². The zero-order valence-electron chi connectivity index (χ0n) is 19.3. The van der Waals surface area contributed by atoms with Gasteiger partial charge < -0.3 is 15.5 Å². The van der Waals surface area contributed by atoms with E-state index in [1.54, 1.807) is 37.3 Å². The maximum Gasteiger partial charge on any atom is 0.326 e. The van der Waals surface area contributed by atoms with Crippen molar-refractivity contribution in [1.82, 2.24) is 9.88 Å². The van der Waals surface area contributed by atoms with E-state index in [1.165, 1.54) is 16.7 Å². The molecule has 0 radical (unpaired) electrons. The monoisotopic (exact) mass is 484 g/mol. The molecule has 1 aromatic heterocycles. The fourth-order valence-electron chi connectivity index (χ4n) is 4.12. The molecule has 7 nitrogen and oxygen atoms in total. The zero-order chi connectivity index (χ0) is 24.8. The van der Waals surface area contributed by atoms with Crippen molar-refractivity contribution in [3.8, 4) is 5.75 Å². The van der Waals surface area contributed by atoms with E-state index in [9.17, 15) is 24.6 Å². The predicted molar refractivity (Wildman–Crippen MR) is 132 cm³/mol. The average Bonchev–Trinajstić information content (AvgIpc) is 3.06. The number of hydrogen-bond acceptors (Lipinski definition) is 4. The van der Waals surface area contributed by atoms with Crippen molar-refractivity contribution in [2.75, 3.05) is 0 Å². The highest BCUT2D eigenvalue weighted by molar-refractivity contribution is 6.30. The summed E-state index contributed by atoms with van der Waals surface area (Å²) in [5.74, 6) is -1.81. The van der Waals surface area contributed by atoms with Crippen LogP contribution in [0.3, 0.4) is 0 Å². The summed E-state index contributed by atoms with van der Waals surface area (Å²) in [6, 6.07) is 10.1. The number of phenolic OH excluding ortho intramolecular Hbond substituents is 1. The molecule has 8 heteroatoms. The van der Waals surface area contributed by atoms with Crippen molar-refractivity contribution >= 4 is 40.3 Å². The van der Waals surface area contributed by atoms with Gasteiger partial charge in [-0.05, 0) is 61.4 Å². The van der Waals surface area contributed by atoms with E-state index in [-0.39, 0.29) is 18.1 Å². The number of nitrogens with one attached hydrogen (secondary N) is 1. The van der Waals surface area contributed by atoms with Gasteiger partial charge >= 0.3 is 5.97 Å². The van der Waals surface area contributed by atoms with Crippen molar-refractivity contribution < 1.29 is 24.6 Å². The van der Waals surface area contributed by atoms with Crippen LogP contribution in [0.15, 0.2) is 42.5 Å². The Hall–Kier alpha value is -3.32. The van der Waals surface area contributed by atoms with Crippen molar-refractivity contribution in [3.05, 3.63) is 64.3 Å². The number of carboxylic acids is 1. The molecule has 3 rings (SSSR count). The normalized spacial score (nSPS) is 12.0. The molecule has 0 saturated carbocycles. The second-order valence-electron chi connectivity index (χ2n) is 8.40. The molecule has 1 heterocycles. The summed E-state index contributed by atoms with van der Waals surface area (Å²) < 4.78 is 1.50. The summed E-state index contributed by atoms with van der Waals surface area (Å²) in [4.78, 5) is 37.8. The van der Waals surface area contributed by atoms with E-state index >= 15 is 0 Å². The maximum atomic E-state index is 13.3. The molecule has 3 N–H and O–H groups in total. The van der Waals surface area contributed by atoms with Crippen LogP contribution < -0.4 is 5.32 Å². The van der Waals surface area contributed by atoms with Crippen molar-refractivity contribution in [2.24, 2.45) is 0 Å². The Morgan fingerprint density at radius 2 is 1.76 bits per heavy atom. The van der Waals surface area contributed by atoms with Crippen LogP contribution in [0.5, 0.6) is 5.75 Å². The summed E-state index contributed by atoms with van der Waals surface area (Å²) in [6.07, 6.45) is 3.92. The Bertz CT molecular complexity index is 1200. The third kappa shape index (κ3) is 5.78. The molecular weight excluding hydrogens is 456 g/mol. The van der Waals surface area contributed by atoms with Gasteiger partial charge in [0.1, 0.15) is 11.8 Å². The van der Waals surface area contributed by atoms with Crippen LogP contribution in [0.25, 0.3) is 10.9 Å². The Labute approximate surface area is 203 Å². The standard InChI is InChI=1S/C26H29ClN2O5/c1-3-4-5-6-7-22(26(33)34)28-24(31)15-20-16(2)29(23-13-12-19(30)14-21(20)23)25(32)17-8-10-18(27)11-9-17/h8-14,22,30H,3-7,15H2,1-2H3,(H,28,31)(H,33,34). The van der Waals surface area contributed by atoms with Gasteiger partial charge in [-0.1, -0.05) is 44.2 Å². The van der Waals surface area contributed by atoms with Gasteiger partial charge in [0.2, 0.25) is 5.91 Å². The molecule has 34 heavy (non-hydrogen) atoms. The minimum Gasteiger partial charge on any atom is -0.508 e. The number of nitrogens with zero attached hydrogens (tertiary/aromatic N) is 1. The number of carbonyl (C=O) groups excluding carboxylic acids is 2. The summed E-state index contributed by atoms with van der Waals surface area (Å²) in [5.41, 5.74) is 2.07. The van der Waals surface area contributed by atoms with Crippen LogP contribution in [0, 0.1) is 6.92 Å². The average molecular weight is 485 g/mol. The highest BCUT2D eigenvalue weighted by Gasteiger charge is 2.24. The Balaban J connectivity index is 1.90. The summed E-state index contributed by atoms with van der Waals surface area (Å²) in [5, 5.41) is 23.3. The number of unbranched alkanes of at least 4 members (excludes halogenated alkanes) is 3. The van der Waals surface area contributed by atoms with Gasteiger partial charge in [-0.3, -0.25) is 14.2 Å². The lowest BCUT2D eigenvalue weighted by atomic mass is 10.0. The molecule has 0 aliphatic rings. The second-order valence-corrected chi connectivity index (χ2v) is 8.83. The van der Waals surface area contributed by atoms with E-state index in [1.807, 2.05) is 0 Å². The number of benzene rings is 2. The van der Waals surface area contributed by atoms with Crippen LogP contribution in [0.1, 0.15) is 60.6 Å². The third-order valence-corrected chi connectivity index (χ3v) is 6.18. The van der Waals surface area contributed by atoms with Gasteiger partial charge in [0.15, 0.2) is 0 Å². The van der Waals surface area contributed by atoms with E-state index in [4.69, 9.17) is 11.6 Å². The number of phenols is 1. The number of aromatic hydroxyl groups is 1. The highest BCUT2D eigenvalue weighted by Crippen LogP contribution is 2.30. The summed E-state index contributed by atoms with van der Waals surface area (Å²) in [7, 11) is 0. The van der Waals surface area contributed by atoms with E-state index in [2.05, 4.69) is 12.2 Å². The number of fused-ring (bicyclic) bond motifs is 1. The van der Waals surface area contributed by atoms with Crippen molar-refractivity contribution in [2.45, 2.75) is 58.4 Å². The SMILES string of the molecule is CCCCCCC(NC(=O)Cc1c(C)n(C(=O)c2ccc(Cl)cc2)c2ccc(O)cc12)C(=O)O. The van der Waals surface area contributed by atoms with Crippen molar-refractivity contribution in [1.29, 1.82) is 0 Å². The number of aliphatic carboxylic acids is 1. The number of carbonyl (C=O) groups is 3. The Morgan fingerprint density at radius 3 is 2.41 bits per heavy atom. The van der Waals surface area contributed by atoms with Crippen LogP contribution in [0.2, 0.25) is 5.02 Å². The molecule has 0 spiro atoms. The number of halogens is 1. The van der Waals surface area contributed by atoms with Crippen LogP contribution >= 0.6 is 11.6 Å². The molecule has 0 aliphatic heterocycles. The lowest BCUT2D eigenvalue weighted by Gasteiger charge is -2.14. The van der Waals surface area contributed by atoms with E-state index < -0.39 is 17.9 Å². The molecule has 1 amide bonds. The van der Waals surface area contributed by atoms with E-state index in [0.29, 0.717) is 45.6 Å². The lowest BCUT2D eigenvalue weighted by molar-refractivity contribution is -0.142. The van der Waals surface area contributed by atoms with Crippen LogP contribution in [-0.4, -0.2) is 38.6 Å². The number of hydrogen-bond donors (Lipinski definition) is 3. The topological polar surface area (TPSA) is 109 Å². The zero-order valence-corrected chi connectivity index (χ0v) is 20.1. The van der Waals surface area contributed by atoms with Crippen LogP contribution in [-0.2, 0) is 16.0 Å². The summed E-state index contributed by atoms with van der Waals surface area (Å²) in [6.45, 7) is 3.80. The number of carboxylic acid groups (broad SMARTS) is 1. The quantitative estimate of drug-likeness (QED) is 0.348. The first-order valence-corrected chi connectivity index (χ1v) is 11.8. The molecule has 0 fully saturated rings. The van der Waals surface area contributed by atoms with Gasteiger partial charge in [0, 0.05) is 21.7 Å². The van der Waals surface area contributed by atoms with Gasteiger partial charge in [0.05, 0.1) is 11.9 Å². The minimum absolute atomic E-state index is 0.00425. The van der Waals surface area contributed by atoms with E-state index in [0.717, 1.165) is 19.3 Å². The Morgan fingerprint density at radius 1 is 1.06 bits per heavy atom. The molecule has 0 bridgehead atoms. The molecule has 0 aliphatic carbocycles. The first kappa shape index (κ1) is 25.3. The molecule has 180 valence electrons. The highest BCUT2D eigenvalue weighted by atomic mass is 35.5. The fourth-order valence-corrected chi connectivity index (χ4v) is 4.24. The molecular formula is C26H29ClN2O5. The molecule has 1 unspecified atom stereocenters. The number of rotatable bonds is 10. The molecule has 2 aromatic carbocycles. The molecule has 3 aromatic rings.